The number of H-pyrrole nitrogens is 1. The van der Waals surface area contributed by atoms with Crippen LogP contribution in [0.5, 0.6) is 0 Å². The second-order valence-electron chi connectivity index (χ2n) is 13.0. The average molecular weight is 749 g/mol. The van der Waals surface area contributed by atoms with Crippen molar-refractivity contribution in [2.24, 2.45) is 17.6 Å². The Hall–Kier alpha value is -4.73. The largest absolute Gasteiger partial charge is 0.394 e. The highest BCUT2D eigenvalue weighted by Crippen LogP contribution is 2.29. The third-order valence-electron chi connectivity index (χ3n) is 9.26. The summed E-state index contributed by atoms with van der Waals surface area (Å²) in [5.74, 6) is 0.0104. The van der Waals surface area contributed by atoms with Crippen molar-refractivity contribution < 1.29 is 29.0 Å². The van der Waals surface area contributed by atoms with Crippen molar-refractivity contribution in [1.29, 1.82) is 0 Å². The fourth-order valence-corrected chi connectivity index (χ4v) is 6.28. The third kappa shape index (κ3) is 12.2. The van der Waals surface area contributed by atoms with Gasteiger partial charge in [0.05, 0.1) is 33.0 Å². The Labute approximate surface area is 315 Å². The molecule has 0 saturated heterocycles. The predicted molar refractivity (Wildman–Crippen MR) is 203 cm³/mol. The number of hydrogen-bond donors (Lipinski definition) is 6. The van der Waals surface area contributed by atoms with Gasteiger partial charge in [-0.2, -0.15) is 5.21 Å². The third-order valence-corrected chi connectivity index (χ3v) is 9.26. The number of benzene rings is 3. The zero-order valence-corrected chi connectivity index (χ0v) is 30.7. The lowest BCUT2D eigenvalue weighted by Crippen LogP contribution is -2.48. The summed E-state index contributed by atoms with van der Waals surface area (Å²) in [5.41, 5.74) is 11.3. The second-order valence-corrected chi connectivity index (χ2v) is 13.0. The van der Waals surface area contributed by atoms with E-state index in [0.29, 0.717) is 55.9 Å². The molecule has 1 saturated carbocycles. The SMILES string of the molecule is Cc1ccc(C(=O)NCCOCCOCCO)cc1-c1cccc(C[C@H](NC(=O)C2CCC(CN)CC2)C(=O)Nc2ccc(-c3nn[nH]n3)cc2)c1.Cl. The molecule has 15 heteroatoms. The van der Waals surface area contributed by atoms with Gasteiger partial charge in [0.2, 0.25) is 17.6 Å². The first-order valence-corrected chi connectivity index (χ1v) is 17.7. The number of ether oxygens (including phenoxy) is 2. The van der Waals surface area contributed by atoms with Crippen molar-refractivity contribution in [2.75, 3.05) is 51.4 Å². The van der Waals surface area contributed by atoms with E-state index in [2.05, 4.69) is 36.6 Å². The zero-order chi connectivity index (χ0) is 36.7. The molecule has 14 nitrogen and oxygen atoms in total. The molecule has 284 valence electrons. The second kappa shape index (κ2) is 21.1. The molecule has 5 rings (SSSR count). The summed E-state index contributed by atoms with van der Waals surface area (Å²) in [6.07, 6.45) is 3.53. The number of aliphatic hydroxyl groups excluding tert-OH is 1. The van der Waals surface area contributed by atoms with E-state index in [1.54, 1.807) is 30.3 Å². The van der Waals surface area contributed by atoms with Crippen LogP contribution in [0.25, 0.3) is 22.5 Å². The van der Waals surface area contributed by atoms with Crippen LogP contribution < -0.4 is 21.7 Å². The summed E-state index contributed by atoms with van der Waals surface area (Å²) in [7, 11) is 0. The minimum Gasteiger partial charge on any atom is -0.394 e. The number of aromatic amines is 1. The molecule has 1 fully saturated rings. The summed E-state index contributed by atoms with van der Waals surface area (Å²) in [6.45, 7) is 4.25. The maximum absolute atomic E-state index is 13.8. The van der Waals surface area contributed by atoms with E-state index in [9.17, 15) is 14.4 Å². The summed E-state index contributed by atoms with van der Waals surface area (Å²) in [4.78, 5) is 40.3. The fraction of sp³-hybridized carbons (Fsp3) is 0.421. The van der Waals surface area contributed by atoms with Gasteiger partial charge in [0.25, 0.3) is 5.91 Å². The number of aromatic nitrogens is 4. The number of nitrogens with two attached hydrogens (primary N) is 1. The molecular formula is C38H49ClN8O6. The van der Waals surface area contributed by atoms with E-state index in [-0.39, 0.29) is 55.7 Å². The molecule has 0 spiro atoms. The van der Waals surface area contributed by atoms with Crippen molar-refractivity contribution in [2.45, 2.75) is 45.1 Å². The summed E-state index contributed by atoms with van der Waals surface area (Å²) in [5, 5.41) is 31.7. The van der Waals surface area contributed by atoms with E-state index in [0.717, 1.165) is 53.5 Å². The molecule has 0 aliphatic heterocycles. The minimum absolute atomic E-state index is 0. The Kier molecular flexibility index (Phi) is 16.3. The molecule has 1 heterocycles. The van der Waals surface area contributed by atoms with Crippen molar-refractivity contribution >= 4 is 35.8 Å². The van der Waals surface area contributed by atoms with Crippen molar-refractivity contribution in [3.63, 3.8) is 0 Å². The van der Waals surface area contributed by atoms with Gasteiger partial charge in [-0.1, -0.05) is 30.3 Å². The molecule has 1 atom stereocenters. The Morgan fingerprint density at radius 3 is 2.40 bits per heavy atom. The van der Waals surface area contributed by atoms with Crippen LogP contribution in [-0.4, -0.2) is 95.6 Å². The van der Waals surface area contributed by atoms with Crippen LogP contribution >= 0.6 is 12.4 Å². The molecule has 3 aromatic carbocycles. The Bertz CT molecular complexity index is 1750. The van der Waals surface area contributed by atoms with Gasteiger partial charge < -0.3 is 36.3 Å². The number of tetrazole rings is 1. The molecule has 1 aliphatic carbocycles. The number of nitrogens with zero attached hydrogens (tertiary/aromatic N) is 3. The van der Waals surface area contributed by atoms with Crippen molar-refractivity contribution in [1.82, 2.24) is 31.3 Å². The molecule has 0 bridgehead atoms. The highest BCUT2D eigenvalue weighted by atomic mass is 35.5. The molecule has 1 aromatic heterocycles. The number of carbonyl (C=O) groups is 3. The van der Waals surface area contributed by atoms with Gasteiger partial charge in [-0.3, -0.25) is 14.4 Å². The standard InChI is InChI=1S/C38H48N8O6.ClH/c1-25-5-8-31(36(48)40-15-17-51-19-20-52-18-16-47)23-33(25)30-4-2-3-27(21-30)22-34(42-37(49)29-9-6-26(24-39)7-10-29)38(50)41-32-13-11-28(12-14-32)35-43-45-46-44-35;/h2-5,8,11-14,21,23,26,29,34,47H,6-7,9-10,15-20,22,24,39H2,1H3,(H,40,48)(H,41,50)(H,42,49)(H,43,44,45,46);1H/t26?,29?,34-;/m0./s1. The quantitative estimate of drug-likeness (QED) is 0.0818. The molecular weight excluding hydrogens is 700 g/mol. The lowest BCUT2D eigenvalue weighted by molar-refractivity contribution is -0.130. The van der Waals surface area contributed by atoms with E-state index < -0.39 is 6.04 Å². The van der Waals surface area contributed by atoms with E-state index >= 15 is 0 Å². The Morgan fingerprint density at radius 2 is 1.70 bits per heavy atom. The van der Waals surface area contributed by atoms with Crippen LogP contribution in [0.4, 0.5) is 5.69 Å². The monoisotopic (exact) mass is 748 g/mol. The molecule has 0 radical (unpaired) electrons. The Morgan fingerprint density at radius 1 is 0.943 bits per heavy atom. The van der Waals surface area contributed by atoms with Crippen molar-refractivity contribution in [3.05, 3.63) is 83.4 Å². The zero-order valence-electron chi connectivity index (χ0n) is 29.9. The average Bonchev–Trinajstić information content (AvgIpc) is 3.71. The van der Waals surface area contributed by atoms with E-state index in [4.69, 9.17) is 20.3 Å². The summed E-state index contributed by atoms with van der Waals surface area (Å²) >= 11 is 0. The smallest absolute Gasteiger partial charge is 0.251 e. The molecule has 3 amide bonds. The van der Waals surface area contributed by atoms with Crippen LogP contribution in [0.2, 0.25) is 0 Å². The number of carbonyl (C=O) groups excluding carboxylic acids is 3. The molecule has 4 aromatic rings. The van der Waals surface area contributed by atoms with Gasteiger partial charge >= 0.3 is 0 Å². The fourth-order valence-electron chi connectivity index (χ4n) is 6.28. The number of hydrogen-bond acceptors (Lipinski definition) is 10. The van der Waals surface area contributed by atoms with Gasteiger partial charge in [-0.15, -0.1) is 22.6 Å². The maximum atomic E-state index is 13.8. The van der Waals surface area contributed by atoms with Gasteiger partial charge in [0.15, 0.2) is 0 Å². The maximum Gasteiger partial charge on any atom is 0.251 e. The number of halogens is 1. The molecule has 1 aliphatic rings. The molecule has 0 unspecified atom stereocenters. The highest BCUT2D eigenvalue weighted by molar-refractivity contribution is 5.98. The first-order chi connectivity index (χ1) is 25.3. The van der Waals surface area contributed by atoms with Crippen LogP contribution in [0, 0.1) is 18.8 Å². The van der Waals surface area contributed by atoms with Gasteiger partial charge in [0.1, 0.15) is 6.04 Å². The number of aliphatic hydroxyl groups is 1. The van der Waals surface area contributed by atoms with Crippen LogP contribution in [0.1, 0.15) is 47.2 Å². The van der Waals surface area contributed by atoms with Crippen molar-refractivity contribution in [3.8, 4) is 22.5 Å². The number of amides is 3. The number of aryl methyl sites for hydroxylation is 1. The van der Waals surface area contributed by atoms with Gasteiger partial charge in [-0.05, 0) is 109 Å². The number of nitrogens with one attached hydrogen (secondary N) is 4. The van der Waals surface area contributed by atoms with Crippen LogP contribution in [0.3, 0.4) is 0 Å². The molecule has 53 heavy (non-hydrogen) atoms. The van der Waals surface area contributed by atoms with Gasteiger partial charge in [0, 0.05) is 35.7 Å². The van der Waals surface area contributed by atoms with Crippen LogP contribution in [0.15, 0.2) is 66.7 Å². The summed E-state index contributed by atoms with van der Waals surface area (Å²) in [6, 6.07) is 19.6. The predicted octanol–water partition coefficient (Wildman–Crippen LogP) is 3.45. The molecule has 7 N–H and O–H groups in total. The Balaban J connectivity index is 0.00000627. The van der Waals surface area contributed by atoms with Crippen LogP contribution in [-0.2, 0) is 25.5 Å². The van der Waals surface area contributed by atoms with Gasteiger partial charge in [-0.25, -0.2) is 0 Å². The lowest BCUT2D eigenvalue weighted by Gasteiger charge is -2.28. The number of rotatable bonds is 18. The first kappa shape index (κ1) is 41.0. The summed E-state index contributed by atoms with van der Waals surface area (Å²) < 4.78 is 10.6. The first-order valence-electron chi connectivity index (χ1n) is 17.7. The normalized spacial score (nSPS) is 15.9. The van der Waals surface area contributed by atoms with E-state index in [1.807, 2.05) is 43.3 Å². The lowest BCUT2D eigenvalue weighted by atomic mass is 9.81. The minimum atomic E-state index is -0.839. The number of anilines is 1. The topological polar surface area (TPSA) is 206 Å². The van der Waals surface area contributed by atoms with E-state index in [1.165, 1.54) is 0 Å². The highest BCUT2D eigenvalue weighted by Gasteiger charge is 2.29.